The van der Waals surface area contributed by atoms with E-state index in [0.29, 0.717) is 11.3 Å². The van der Waals surface area contributed by atoms with E-state index in [1.54, 1.807) is 7.11 Å². The minimum absolute atomic E-state index is 0.117. The topological polar surface area (TPSA) is 29.5 Å². The van der Waals surface area contributed by atoms with Gasteiger partial charge >= 0.3 is 0 Å². The average molecular weight is 244 g/mol. The minimum atomic E-state index is -0.193. The molecule has 0 radical (unpaired) electrons. The smallest absolute Gasteiger partial charge is 0.0623 e. The number of hydrogen-bond donors (Lipinski definition) is 1. The minimum Gasteiger partial charge on any atom is -0.393 e. The van der Waals surface area contributed by atoms with E-state index >= 15 is 0 Å². The molecule has 0 amide bonds. The zero-order valence-electron chi connectivity index (χ0n) is 12.8. The van der Waals surface area contributed by atoms with Crippen molar-refractivity contribution in [2.75, 3.05) is 7.11 Å². The van der Waals surface area contributed by atoms with Gasteiger partial charge in [0.25, 0.3) is 0 Å². The maximum Gasteiger partial charge on any atom is 0.0623 e. The average Bonchev–Trinajstić information content (AvgIpc) is 2.12. The van der Waals surface area contributed by atoms with Gasteiger partial charge in [0.15, 0.2) is 0 Å². The van der Waals surface area contributed by atoms with Gasteiger partial charge in [-0.15, -0.1) is 0 Å². The Kier molecular flexibility index (Phi) is 6.71. The van der Waals surface area contributed by atoms with Crippen molar-refractivity contribution in [2.45, 2.75) is 78.9 Å². The standard InChI is InChI=1S/C15H32O2/c1-12(11-14(2,3)4)10-13(16)8-9-15(5,6)17-7/h12-13,16H,8-11H2,1-7H3. The van der Waals surface area contributed by atoms with Gasteiger partial charge in [-0.05, 0) is 50.9 Å². The molecule has 0 aliphatic rings. The van der Waals surface area contributed by atoms with Gasteiger partial charge in [-0.2, -0.15) is 0 Å². The second-order valence-electron chi connectivity index (χ2n) is 7.26. The molecule has 0 heterocycles. The largest absolute Gasteiger partial charge is 0.393 e. The van der Waals surface area contributed by atoms with Crippen molar-refractivity contribution in [3.8, 4) is 0 Å². The fourth-order valence-corrected chi connectivity index (χ4v) is 2.33. The fraction of sp³-hybridized carbons (Fsp3) is 1.00. The molecule has 104 valence electrons. The molecule has 0 rings (SSSR count). The SMILES string of the molecule is COC(C)(C)CCC(O)CC(C)CC(C)(C)C. The second-order valence-corrected chi connectivity index (χ2v) is 7.26. The molecule has 2 heteroatoms. The third-order valence-electron chi connectivity index (χ3n) is 3.27. The molecule has 2 atom stereocenters. The predicted octanol–water partition coefficient (Wildman–Crippen LogP) is 4.01. The number of rotatable bonds is 7. The molecule has 0 aromatic heterocycles. The van der Waals surface area contributed by atoms with Gasteiger partial charge in [0.2, 0.25) is 0 Å². The number of aliphatic hydroxyl groups excluding tert-OH is 1. The van der Waals surface area contributed by atoms with E-state index in [1.165, 1.54) is 0 Å². The van der Waals surface area contributed by atoms with Crippen molar-refractivity contribution in [1.29, 1.82) is 0 Å². The Bertz CT molecular complexity index is 203. The molecular formula is C15H32O2. The van der Waals surface area contributed by atoms with Crippen molar-refractivity contribution < 1.29 is 9.84 Å². The molecule has 1 N–H and O–H groups in total. The van der Waals surface area contributed by atoms with E-state index in [2.05, 4.69) is 41.5 Å². The highest BCUT2D eigenvalue weighted by Crippen LogP contribution is 2.28. The molecule has 0 saturated heterocycles. The molecule has 17 heavy (non-hydrogen) atoms. The highest BCUT2D eigenvalue weighted by atomic mass is 16.5. The fourth-order valence-electron chi connectivity index (χ4n) is 2.33. The third kappa shape index (κ3) is 9.61. The highest BCUT2D eigenvalue weighted by molar-refractivity contribution is 4.73. The van der Waals surface area contributed by atoms with Crippen LogP contribution in [0.15, 0.2) is 0 Å². The lowest BCUT2D eigenvalue weighted by Crippen LogP contribution is -2.25. The quantitative estimate of drug-likeness (QED) is 0.733. The number of ether oxygens (including phenoxy) is 1. The summed E-state index contributed by atoms with van der Waals surface area (Å²) in [5.41, 5.74) is 0.235. The number of methoxy groups -OCH3 is 1. The van der Waals surface area contributed by atoms with Crippen LogP contribution in [-0.4, -0.2) is 23.9 Å². The lowest BCUT2D eigenvalue weighted by molar-refractivity contribution is 0.000328. The third-order valence-corrected chi connectivity index (χ3v) is 3.27. The summed E-state index contributed by atoms with van der Waals surface area (Å²) in [5.74, 6) is 0.579. The van der Waals surface area contributed by atoms with Crippen molar-refractivity contribution in [1.82, 2.24) is 0 Å². The van der Waals surface area contributed by atoms with Crippen LogP contribution in [0.5, 0.6) is 0 Å². The summed E-state index contributed by atoms with van der Waals surface area (Å²) >= 11 is 0. The molecular weight excluding hydrogens is 212 g/mol. The van der Waals surface area contributed by atoms with Crippen LogP contribution in [0.3, 0.4) is 0 Å². The van der Waals surface area contributed by atoms with Crippen LogP contribution in [0.4, 0.5) is 0 Å². The molecule has 0 aromatic rings. The van der Waals surface area contributed by atoms with E-state index in [4.69, 9.17) is 4.74 Å². The number of hydrogen-bond acceptors (Lipinski definition) is 2. The Morgan fingerprint density at radius 2 is 1.65 bits per heavy atom. The van der Waals surface area contributed by atoms with Crippen LogP contribution >= 0.6 is 0 Å². The van der Waals surface area contributed by atoms with Gasteiger partial charge in [-0.1, -0.05) is 27.7 Å². The van der Waals surface area contributed by atoms with Gasteiger partial charge in [0.05, 0.1) is 11.7 Å². The zero-order chi connectivity index (χ0) is 13.7. The zero-order valence-corrected chi connectivity index (χ0v) is 12.8. The molecule has 2 nitrogen and oxygen atoms in total. The summed E-state index contributed by atoms with van der Waals surface area (Å²) in [7, 11) is 1.73. The molecule has 0 aliphatic carbocycles. The van der Waals surface area contributed by atoms with E-state index in [1.807, 2.05) is 0 Å². The first-order valence-electron chi connectivity index (χ1n) is 6.79. The van der Waals surface area contributed by atoms with Crippen molar-refractivity contribution in [2.24, 2.45) is 11.3 Å². The van der Waals surface area contributed by atoms with Crippen LogP contribution in [0.1, 0.15) is 67.2 Å². The molecule has 0 saturated carbocycles. The van der Waals surface area contributed by atoms with Crippen LogP contribution < -0.4 is 0 Å². The molecule has 0 bridgehead atoms. The van der Waals surface area contributed by atoms with Crippen LogP contribution in [-0.2, 0) is 4.74 Å². The lowest BCUT2D eigenvalue weighted by atomic mass is 9.82. The van der Waals surface area contributed by atoms with E-state index in [9.17, 15) is 5.11 Å². The van der Waals surface area contributed by atoms with Crippen LogP contribution in [0, 0.1) is 11.3 Å². The Labute approximate surface area is 108 Å². The maximum atomic E-state index is 10.0. The van der Waals surface area contributed by atoms with Crippen molar-refractivity contribution in [3.63, 3.8) is 0 Å². The van der Waals surface area contributed by atoms with Crippen molar-refractivity contribution >= 4 is 0 Å². The summed E-state index contributed by atoms with van der Waals surface area (Å²) in [4.78, 5) is 0. The monoisotopic (exact) mass is 244 g/mol. The summed E-state index contributed by atoms with van der Waals surface area (Å²) in [5, 5.41) is 10.0. The van der Waals surface area contributed by atoms with Gasteiger partial charge in [-0.25, -0.2) is 0 Å². The first-order chi connectivity index (χ1) is 7.56. The van der Waals surface area contributed by atoms with E-state index < -0.39 is 0 Å². The molecule has 0 aromatic carbocycles. The Balaban J connectivity index is 3.90. The summed E-state index contributed by atoms with van der Waals surface area (Å²) in [6.07, 6.45) is 3.61. The van der Waals surface area contributed by atoms with Gasteiger partial charge in [0, 0.05) is 7.11 Å². The normalized spacial score (nSPS) is 16.9. The Morgan fingerprint density at radius 1 is 1.12 bits per heavy atom. The lowest BCUT2D eigenvalue weighted by Gasteiger charge is -2.27. The predicted molar refractivity (Wildman–Crippen MR) is 74.2 cm³/mol. The first kappa shape index (κ1) is 16.9. The Hall–Kier alpha value is -0.0800. The van der Waals surface area contributed by atoms with Crippen LogP contribution in [0.2, 0.25) is 0 Å². The van der Waals surface area contributed by atoms with E-state index in [0.717, 1.165) is 25.7 Å². The molecule has 0 aliphatic heterocycles. The maximum absolute atomic E-state index is 10.0. The van der Waals surface area contributed by atoms with Crippen LogP contribution in [0.25, 0.3) is 0 Å². The van der Waals surface area contributed by atoms with Gasteiger partial charge < -0.3 is 9.84 Å². The molecule has 2 unspecified atom stereocenters. The number of aliphatic hydroxyl groups is 1. The first-order valence-corrected chi connectivity index (χ1v) is 6.79. The van der Waals surface area contributed by atoms with Crippen molar-refractivity contribution in [3.05, 3.63) is 0 Å². The summed E-state index contributed by atoms with van der Waals surface area (Å²) < 4.78 is 5.36. The van der Waals surface area contributed by atoms with Gasteiger partial charge in [-0.3, -0.25) is 0 Å². The molecule has 0 spiro atoms. The Morgan fingerprint density at radius 3 is 2.06 bits per heavy atom. The van der Waals surface area contributed by atoms with E-state index in [-0.39, 0.29) is 11.7 Å². The second kappa shape index (κ2) is 6.75. The molecule has 0 fully saturated rings. The van der Waals surface area contributed by atoms with Gasteiger partial charge in [0.1, 0.15) is 0 Å². The summed E-state index contributed by atoms with van der Waals surface area (Å²) in [6, 6.07) is 0. The highest BCUT2D eigenvalue weighted by Gasteiger charge is 2.21. The summed E-state index contributed by atoms with van der Waals surface area (Å²) in [6.45, 7) is 13.1.